The number of nitrogens with one attached hydrogen (secondary N) is 1. The van der Waals surface area contributed by atoms with Gasteiger partial charge < -0.3 is 33.6 Å². The number of anilines is 1. The molecule has 1 unspecified atom stereocenters. The maximum Gasteiger partial charge on any atom is 0.407 e. The van der Waals surface area contributed by atoms with Crippen molar-refractivity contribution in [1.82, 2.24) is 14.8 Å². The number of unbranched alkanes of at least 4 members (excludes halogenated alkanes) is 3. The van der Waals surface area contributed by atoms with Crippen LogP contribution in [0.5, 0.6) is 11.5 Å². The summed E-state index contributed by atoms with van der Waals surface area (Å²) >= 11 is 0. The maximum absolute atomic E-state index is 14.4. The molecule has 0 radical (unpaired) electrons. The lowest BCUT2D eigenvalue weighted by Crippen LogP contribution is -2.45. The molecule has 0 saturated carbocycles. The lowest BCUT2D eigenvalue weighted by molar-refractivity contribution is 0.0744. The molecule has 5 heterocycles. The van der Waals surface area contributed by atoms with Gasteiger partial charge in [-0.2, -0.15) is 5.26 Å². The highest BCUT2D eigenvalue weighted by atomic mass is 31.1. The molecule has 0 saturated heterocycles. The van der Waals surface area contributed by atoms with Crippen LogP contribution in [0.15, 0.2) is 36.4 Å². The number of benzene rings is 3. The summed E-state index contributed by atoms with van der Waals surface area (Å²) in [6.07, 6.45) is 12.2. The van der Waals surface area contributed by atoms with E-state index in [1.807, 2.05) is 24.3 Å². The van der Waals surface area contributed by atoms with Gasteiger partial charge in [-0.25, -0.2) is 9.37 Å². The van der Waals surface area contributed by atoms with Crippen LogP contribution < -0.4 is 30.1 Å². The molecule has 11 nitrogen and oxygen atoms in total. The van der Waals surface area contributed by atoms with E-state index >= 15 is 0 Å². The van der Waals surface area contributed by atoms with Gasteiger partial charge in [-0.3, -0.25) is 4.79 Å². The molecule has 1 N–H and O–H groups in total. The molecule has 3 aromatic carbocycles. The summed E-state index contributed by atoms with van der Waals surface area (Å²) in [6, 6.07) is 14.8. The van der Waals surface area contributed by atoms with Crippen molar-refractivity contribution in [1.29, 1.82) is 5.26 Å². The Kier molecular flexibility index (Phi) is 12.7. The Morgan fingerprint density at radius 1 is 0.895 bits per heavy atom. The van der Waals surface area contributed by atoms with Gasteiger partial charge in [-0.1, -0.05) is 31.0 Å². The number of hydrogen-bond acceptors (Lipinski definition) is 8. The monoisotopic (exact) mass is 792 g/mol. The van der Waals surface area contributed by atoms with Gasteiger partial charge in [0.15, 0.2) is 9.03 Å². The predicted molar refractivity (Wildman–Crippen MR) is 222 cm³/mol. The van der Waals surface area contributed by atoms with Crippen molar-refractivity contribution in [3.8, 4) is 17.6 Å². The number of ether oxygens (including phenoxy) is 2. The van der Waals surface area contributed by atoms with E-state index in [-0.39, 0.29) is 28.1 Å². The van der Waals surface area contributed by atoms with Gasteiger partial charge in [0.2, 0.25) is 5.36 Å². The zero-order valence-electron chi connectivity index (χ0n) is 33.3. The van der Waals surface area contributed by atoms with E-state index in [0.29, 0.717) is 31.7 Å². The van der Waals surface area contributed by atoms with E-state index in [9.17, 15) is 9.59 Å². The quantitative estimate of drug-likeness (QED) is 0.0844. The molecule has 0 aliphatic carbocycles. The van der Waals surface area contributed by atoms with Crippen LogP contribution in [-0.2, 0) is 39.5 Å². The first-order valence-corrected chi connectivity index (χ1v) is 21.9. The minimum absolute atomic E-state index is 0.0298. The first kappa shape index (κ1) is 39.3. The molecule has 0 bridgehead atoms. The van der Waals surface area contributed by atoms with Crippen LogP contribution in [0.3, 0.4) is 0 Å². The number of carbonyl (C=O) groups is 2. The number of nitriles is 1. The number of hydrogen-bond donors (Lipinski definition) is 1. The van der Waals surface area contributed by atoms with Gasteiger partial charge in [0.25, 0.3) is 5.91 Å². The van der Waals surface area contributed by atoms with Crippen LogP contribution in [0.4, 0.5) is 10.5 Å². The lowest BCUT2D eigenvalue weighted by Gasteiger charge is -2.39. The van der Waals surface area contributed by atoms with E-state index in [2.05, 4.69) is 33.0 Å². The molecule has 0 aromatic heterocycles. The standard InChI is InChI=1S/C45H54N5O6P/c1-48(25-28-53-45(52)47-20-6-2-3-7-26-54-57-55-27-12-19-46)44(51)34-16-5-4-15-33(34)39-37-29-31-13-8-21-49-23-10-17-35(40(31)49)42(37)56-43-36-18-11-24-50-22-9-14-32(41(36)50)30-38(39)43/h4-5,15-16,29-30,57H,2-3,6-14,17-18,20-28H2,1H3/p+1. The van der Waals surface area contributed by atoms with Gasteiger partial charge in [-0.15, -0.1) is 0 Å². The number of amides is 2. The fraction of sp³-hybridized carbons (Fsp3) is 0.511. The number of alkyl carbamates (subject to hydrolysis) is 1. The Hall–Kier alpha value is -4.49. The molecule has 12 heteroatoms. The smallest absolute Gasteiger partial charge is 0.407 e. The lowest BCUT2D eigenvalue weighted by atomic mass is 9.81. The summed E-state index contributed by atoms with van der Waals surface area (Å²) in [5, 5.41) is 13.8. The van der Waals surface area contributed by atoms with Gasteiger partial charge in [0.05, 0.1) is 37.8 Å². The molecular formula is C45H55N5O6P+. The van der Waals surface area contributed by atoms with Crippen LogP contribution in [0.25, 0.3) is 5.57 Å². The number of nitrogens with zero attached hydrogens (tertiary/aromatic N) is 4. The van der Waals surface area contributed by atoms with E-state index in [0.717, 1.165) is 137 Å². The number of rotatable bonds is 16. The maximum atomic E-state index is 14.4. The first-order valence-electron chi connectivity index (χ1n) is 21.1. The van der Waals surface area contributed by atoms with Gasteiger partial charge in [0, 0.05) is 78.3 Å². The summed E-state index contributed by atoms with van der Waals surface area (Å²) in [4.78, 5) is 31.1. The second kappa shape index (κ2) is 18.4. The molecule has 8 rings (SSSR count). The van der Waals surface area contributed by atoms with Crippen molar-refractivity contribution in [2.24, 2.45) is 0 Å². The third-order valence-corrected chi connectivity index (χ3v) is 12.6. The summed E-state index contributed by atoms with van der Waals surface area (Å²) < 4.78 is 26.0. The molecule has 2 amide bonds. The predicted octanol–water partition coefficient (Wildman–Crippen LogP) is 5.94. The Bertz CT molecular complexity index is 2180. The topological polar surface area (TPSA) is 116 Å². The Morgan fingerprint density at radius 3 is 2.54 bits per heavy atom. The van der Waals surface area contributed by atoms with Crippen molar-refractivity contribution < 1.29 is 28.1 Å². The Labute approximate surface area is 337 Å². The van der Waals surface area contributed by atoms with Gasteiger partial charge in [0.1, 0.15) is 31.2 Å². The average molecular weight is 793 g/mol. The number of aryl methyl sites for hydroxylation is 2. The number of carbonyl (C=O) groups excluding carboxylic acids is 2. The molecule has 5 aliphatic rings. The normalized spacial score (nSPS) is 16.2. The van der Waals surface area contributed by atoms with Crippen molar-refractivity contribution in [2.45, 2.75) is 83.5 Å². The summed E-state index contributed by atoms with van der Waals surface area (Å²) in [7, 11) is 1.75. The van der Waals surface area contributed by atoms with Gasteiger partial charge >= 0.3 is 6.09 Å². The van der Waals surface area contributed by atoms with E-state index < -0.39 is 6.09 Å². The number of likely N-dealkylation sites (N-methyl/N-ethyl adjacent to an activating group) is 1. The van der Waals surface area contributed by atoms with Crippen molar-refractivity contribution in [3.63, 3.8) is 0 Å². The molecule has 57 heavy (non-hydrogen) atoms. The molecule has 3 aromatic rings. The van der Waals surface area contributed by atoms with Crippen LogP contribution in [0.1, 0.15) is 102 Å². The third-order valence-electron chi connectivity index (χ3n) is 12.0. The second-order valence-corrected chi connectivity index (χ2v) is 16.5. The molecule has 1 atom stereocenters. The Morgan fingerprint density at radius 2 is 1.67 bits per heavy atom. The fourth-order valence-electron chi connectivity index (χ4n) is 9.39. The second-order valence-electron chi connectivity index (χ2n) is 15.8. The zero-order valence-corrected chi connectivity index (χ0v) is 34.3. The summed E-state index contributed by atoms with van der Waals surface area (Å²) in [6.45, 7) is 6.29. The molecular weight excluding hydrogens is 737 g/mol. The first-order chi connectivity index (χ1) is 28.0. The molecule has 300 valence electrons. The van der Waals surface area contributed by atoms with Crippen molar-refractivity contribution >= 4 is 32.3 Å². The minimum atomic E-state index is -0.474. The van der Waals surface area contributed by atoms with Crippen LogP contribution in [-0.4, -0.2) is 83.0 Å². The largest absolute Gasteiger partial charge is 0.455 e. The third kappa shape index (κ3) is 8.41. The van der Waals surface area contributed by atoms with E-state index in [1.165, 1.54) is 33.3 Å². The van der Waals surface area contributed by atoms with Crippen LogP contribution >= 0.6 is 9.03 Å². The van der Waals surface area contributed by atoms with E-state index in [4.69, 9.17) is 23.8 Å². The summed E-state index contributed by atoms with van der Waals surface area (Å²) in [5.41, 5.74) is 10.6. The minimum Gasteiger partial charge on any atom is -0.455 e. The zero-order chi connectivity index (χ0) is 39.1. The Balaban J connectivity index is 0.988. The highest BCUT2D eigenvalue weighted by Crippen LogP contribution is 2.48. The number of fused-ring (bicyclic) bond motifs is 4. The SMILES string of the molecule is CN(CCOC(=O)NCCCCCCOPOCCC#N)C(=O)c1ccccc1C1=c2cc3c4c(c2Oc2c1cc1c5c2CCCN5CCC1)CCC[N+]=4CCC3. The van der Waals surface area contributed by atoms with Crippen molar-refractivity contribution in [3.05, 3.63) is 85.9 Å². The molecule has 0 spiro atoms. The van der Waals surface area contributed by atoms with Crippen LogP contribution in [0, 0.1) is 11.3 Å². The van der Waals surface area contributed by atoms with E-state index in [1.54, 1.807) is 11.9 Å². The fourth-order valence-corrected chi connectivity index (χ4v) is 9.89. The molecule has 0 fully saturated rings. The van der Waals surface area contributed by atoms with Gasteiger partial charge in [-0.05, 0) is 80.7 Å². The molecule has 5 aliphatic heterocycles. The highest BCUT2D eigenvalue weighted by molar-refractivity contribution is 7.26. The van der Waals surface area contributed by atoms with Crippen molar-refractivity contribution in [2.75, 3.05) is 71.0 Å². The summed E-state index contributed by atoms with van der Waals surface area (Å²) in [5.74, 6) is 1.85. The van der Waals surface area contributed by atoms with Crippen LogP contribution in [0.2, 0.25) is 0 Å². The highest BCUT2D eigenvalue weighted by Gasteiger charge is 2.36. The average Bonchev–Trinajstić information content (AvgIpc) is 3.23.